The van der Waals surface area contributed by atoms with Crippen LogP contribution in [0.5, 0.6) is 5.75 Å². The van der Waals surface area contributed by atoms with E-state index in [-0.39, 0.29) is 17.3 Å². The summed E-state index contributed by atoms with van der Waals surface area (Å²) in [5.74, 6) is 1.29. The molecular weight excluding hydrogens is 398 g/mol. The zero-order valence-corrected chi connectivity index (χ0v) is 18.5. The number of aromatic nitrogens is 1. The summed E-state index contributed by atoms with van der Waals surface area (Å²) in [7, 11) is 1.51. The Balaban J connectivity index is 1.46. The highest BCUT2D eigenvalue weighted by Gasteiger charge is 2.52. The third-order valence-corrected chi connectivity index (χ3v) is 7.36. The summed E-state index contributed by atoms with van der Waals surface area (Å²) in [4.78, 5) is 16.7. The first-order chi connectivity index (χ1) is 15.7. The van der Waals surface area contributed by atoms with Crippen LogP contribution in [0, 0.1) is 11.8 Å². The molecule has 1 saturated carbocycles. The van der Waals surface area contributed by atoms with Gasteiger partial charge in [0, 0.05) is 23.4 Å². The second kappa shape index (κ2) is 8.78. The van der Waals surface area contributed by atoms with Gasteiger partial charge in [0.1, 0.15) is 12.4 Å². The monoisotopic (exact) mass is 427 g/mol. The van der Waals surface area contributed by atoms with E-state index in [4.69, 9.17) is 9.47 Å². The Morgan fingerprint density at radius 1 is 1.09 bits per heavy atom. The largest absolute Gasteiger partial charge is 0.489 e. The van der Waals surface area contributed by atoms with E-state index in [1.807, 2.05) is 18.3 Å². The molecule has 0 N–H and O–H groups in total. The first-order valence-electron chi connectivity index (χ1n) is 11.4. The molecule has 3 atom stereocenters. The fraction of sp³-hybridized carbons (Fsp3) is 0.357. The predicted octanol–water partition coefficient (Wildman–Crippen LogP) is 5.29. The number of carbonyl (C=O) groups is 1. The van der Waals surface area contributed by atoms with Crippen LogP contribution in [0.15, 0.2) is 73.1 Å². The van der Waals surface area contributed by atoms with Gasteiger partial charge in [0.25, 0.3) is 0 Å². The highest BCUT2D eigenvalue weighted by atomic mass is 16.5. The number of fused-ring (bicyclic) bond motifs is 3. The minimum atomic E-state index is -0.0650. The highest BCUT2D eigenvalue weighted by molar-refractivity contribution is 5.73. The van der Waals surface area contributed by atoms with Crippen LogP contribution >= 0.6 is 0 Å². The smallest absolute Gasteiger partial charge is 0.308 e. The van der Waals surface area contributed by atoms with Gasteiger partial charge < -0.3 is 9.47 Å². The van der Waals surface area contributed by atoms with Crippen molar-refractivity contribution in [1.29, 1.82) is 0 Å². The van der Waals surface area contributed by atoms with Crippen LogP contribution in [0.1, 0.15) is 41.5 Å². The van der Waals surface area contributed by atoms with E-state index in [2.05, 4.69) is 53.5 Å². The van der Waals surface area contributed by atoms with Gasteiger partial charge in [0.15, 0.2) is 0 Å². The normalized spacial score (nSPS) is 23.8. The molecule has 3 aromatic rings. The molecule has 0 bridgehead atoms. The minimum Gasteiger partial charge on any atom is -0.489 e. The molecule has 2 aliphatic rings. The average Bonchev–Trinajstić information content (AvgIpc) is 3.23. The number of benzene rings is 2. The Morgan fingerprint density at radius 2 is 1.94 bits per heavy atom. The van der Waals surface area contributed by atoms with E-state index in [1.54, 1.807) is 6.20 Å². The summed E-state index contributed by atoms with van der Waals surface area (Å²) >= 11 is 0. The van der Waals surface area contributed by atoms with Crippen molar-refractivity contribution in [3.63, 3.8) is 0 Å². The van der Waals surface area contributed by atoms with Crippen LogP contribution in [0.25, 0.3) is 0 Å². The van der Waals surface area contributed by atoms with Crippen LogP contribution in [-0.2, 0) is 34.4 Å². The highest BCUT2D eigenvalue weighted by Crippen LogP contribution is 2.56. The second-order valence-electron chi connectivity index (χ2n) is 9.18. The zero-order valence-electron chi connectivity index (χ0n) is 18.5. The maximum absolute atomic E-state index is 12.5. The average molecular weight is 428 g/mol. The standard InChI is InChI=1S/C28H29NO3/c1-31-27(30)23-14-24-10-9-22-15-25(32-19-21-8-5-13-29-18-21)11-12-26(22)28(24,17-23)16-20-6-3-2-4-7-20/h2-8,11-13,15,18,23-24H,9-10,14,16-17,19H2,1H3/t23-,24-,28-/m1/s1. The second-order valence-corrected chi connectivity index (χ2v) is 9.18. The molecule has 4 heteroatoms. The number of methoxy groups -OCH3 is 1. The topological polar surface area (TPSA) is 48.4 Å². The fourth-order valence-corrected chi connectivity index (χ4v) is 5.93. The molecule has 0 amide bonds. The van der Waals surface area contributed by atoms with Crippen LogP contribution in [-0.4, -0.2) is 18.1 Å². The van der Waals surface area contributed by atoms with E-state index >= 15 is 0 Å². The number of ether oxygens (including phenoxy) is 2. The first-order valence-corrected chi connectivity index (χ1v) is 11.4. The van der Waals surface area contributed by atoms with Crippen molar-refractivity contribution in [2.24, 2.45) is 11.8 Å². The quantitative estimate of drug-likeness (QED) is 0.502. The lowest BCUT2D eigenvalue weighted by atomic mass is 9.62. The number of hydrogen-bond donors (Lipinski definition) is 0. The van der Waals surface area contributed by atoms with Crippen LogP contribution in [0.3, 0.4) is 0 Å². The number of rotatable bonds is 6. The SMILES string of the molecule is COC(=O)[C@@H]1C[C@H]2CCc3cc(OCc4cccnc4)ccc3[C@]2(Cc2ccccc2)C1. The van der Waals surface area contributed by atoms with Crippen molar-refractivity contribution < 1.29 is 14.3 Å². The number of aryl methyl sites for hydroxylation is 1. The van der Waals surface area contributed by atoms with Gasteiger partial charge in [-0.1, -0.05) is 42.5 Å². The van der Waals surface area contributed by atoms with Crippen molar-refractivity contribution >= 4 is 5.97 Å². The van der Waals surface area contributed by atoms with Gasteiger partial charge in [-0.3, -0.25) is 9.78 Å². The lowest BCUT2D eigenvalue weighted by Gasteiger charge is -2.42. The van der Waals surface area contributed by atoms with Gasteiger partial charge in [-0.25, -0.2) is 0 Å². The molecule has 0 saturated heterocycles. The van der Waals surface area contributed by atoms with Gasteiger partial charge in [-0.05, 0) is 72.9 Å². The molecule has 164 valence electrons. The van der Waals surface area contributed by atoms with Crippen molar-refractivity contribution in [3.05, 3.63) is 95.3 Å². The number of carbonyl (C=O) groups excluding carboxylic acids is 1. The Hall–Kier alpha value is -3.14. The van der Waals surface area contributed by atoms with Gasteiger partial charge in [-0.15, -0.1) is 0 Å². The number of pyridine rings is 1. The summed E-state index contributed by atoms with van der Waals surface area (Å²) in [5.41, 5.74) is 5.09. The molecule has 1 heterocycles. The van der Waals surface area contributed by atoms with E-state index in [0.717, 1.165) is 43.4 Å². The van der Waals surface area contributed by atoms with Crippen LogP contribution in [0.4, 0.5) is 0 Å². The molecular formula is C28H29NO3. The number of hydrogen-bond acceptors (Lipinski definition) is 4. The van der Waals surface area contributed by atoms with Crippen LogP contribution in [0.2, 0.25) is 0 Å². The molecule has 0 unspecified atom stereocenters. The van der Waals surface area contributed by atoms with Gasteiger partial charge >= 0.3 is 5.97 Å². The van der Waals surface area contributed by atoms with Crippen molar-refractivity contribution in [3.8, 4) is 5.75 Å². The van der Waals surface area contributed by atoms with Gasteiger partial charge in [0.2, 0.25) is 0 Å². The molecule has 5 rings (SSSR count). The summed E-state index contributed by atoms with van der Waals surface area (Å²) in [5, 5.41) is 0. The molecule has 0 spiro atoms. The summed E-state index contributed by atoms with van der Waals surface area (Å²) in [6.45, 7) is 0.509. The Kier molecular flexibility index (Phi) is 5.69. The number of esters is 1. The third-order valence-electron chi connectivity index (χ3n) is 7.36. The van der Waals surface area contributed by atoms with Crippen molar-refractivity contribution in [1.82, 2.24) is 4.98 Å². The maximum Gasteiger partial charge on any atom is 0.308 e. The van der Waals surface area contributed by atoms with E-state index < -0.39 is 0 Å². The lowest BCUT2D eigenvalue weighted by Crippen LogP contribution is -2.38. The molecule has 32 heavy (non-hydrogen) atoms. The fourth-order valence-electron chi connectivity index (χ4n) is 5.93. The molecule has 2 aliphatic carbocycles. The summed E-state index contributed by atoms with van der Waals surface area (Å²) in [6.07, 6.45) is 8.45. The number of nitrogens with zero attached hydrogens (tertiary/aromatic N) is 1. The minimum absolute atomic E-state index is 0.0267. The third kappa shape index (κ3) is 3.90. The van der Waals surface area contributed by atoms with Crippen LogP contribution < -0.4 is 4.74 Å². The molecule has 2 aromatic carbocycles. The van der Waals surface area contributed by atoms with E-state index in [1.165, 1.54) is 23.8 Å². The summed E-state index contributed by atoms with van der Waals surface area (Å²) < 4.78 is 11.2. The Morgan fingerprint density at radius 3 is 2.72 bits per heavy atom. The lowest BCUT2D eigenvalue weighted by molar-refractivity contribution is -0.145. The Bertz CT molecular complexity index is 1080. The maximum atomic E-state index is 12.5. The predicted molar refractivity (Wildman–Crippen MR) is 123 cm³/mol. The van der Waals surface area contributed by atoms with Gasteiger partial charge in [0.05, 0.1) is 13.0 Å². The van der Waals surface area contributed by atoms with E-state index in [9.17, 15) is 4.79 Å². The van der Waals surface area contributed by atoms with Crippen molar-refractivity contribution in [2.75, 3.05) is 7.11 Å². The molecule has 1 aromatic heterocycles. The molecule has 4 nitrogen and oxygen atoms in total. The Labute approximate surface area is 189 Å². The first kappa shape index (κ1) is 20.7. The molecule has 0 radical (unpaired) electrons. The van der Waals surface area contributed by atoms with E-state index in [0.29, 0.717) is 12.5 Å². The summed E-state index contributed by atoms with van der Waals surface area (Å²) in [6, 6.07) is 21.2. The molecule has 0 aliphatic heterocycles. The zero-order chi connectivity index (χ0) is 22.0. The molecule has 1 fully saturated rings. The van der Waals surface area contributed by atoms with Gasteiger partial charge in [-0.2, -0.15) is 0 Å². The van der Waals surface area contributed by atoms with Crippen molar-refractivity contribution in [2.45, 2.75) is 44.1 Å².